The number of hydrogen-bond donors (Lipinski definition) is 2. The molecule has 0 aromatic heterocycles. The molecule has 1 rings (SSSR count). The Bertz CT molecular complexity index is 459. The minimum atomic E-state index is -0.922. The van der Waals surface area contributed by atoms with Gasteiger partial charge in [-0.25, -0.2) is 0 Å². The Hall–Kier alpha value is -2.10. The number of para-hydroxylation sites is 1. The fraction of sp³-hybridized carbons (Fsp3) is 0.231. The Balaban J connectivity index is 2.87. The summed E-state index contributed by atoms with van der Waals surface area (Å²) in [5, 5.41) is 11.4. The molecule has 0 spiro atoms. The van der Waals surface area contributed by atoms with Crippen LogP contribution in [-0.2, 0) is 16.0 Å². The lowest BCUT2D eigenvalue weighted by atomic mass is 10.1. The molecule has 0 bridgehead atoms. The van der Waals surface area contributed by atoms with Crippen molar-refractivity contribution >= 4 is 17.6 Å². The third kappa shape index (κ3) is 4.51. The molecular formula is C13H15NO3. The van der Waals surface area contributed by atoms with Crippen LogP contribution in [0.1, 0.15) is 19.4 Å². The first kappa shape index (κ1) is 13.0. The molecule has 4 heteroatoms. The van der Waals surface area contributed by atoms with E-state index in [1.165, 1.54) is 6.08 Å². The van der Waals surface area contributed by atoms with Crippen molar-refractivity contribution in [1.29, 1.82) is 0 Å². The summed E-state index contributed by atoms with van der Waals surface area (Å²) < 4.78 is 0. The van der Waals surface area contributed by atoms with Gasteiger partial charge in [0.2, 0.25) is 5.91 Å². The van der Waals surface area contributed by atoms with E-state index in [9.17, 15) is 9.59 Å². The van der Waals surface area contributed by atoms with E-state index in [-0.39, 0.29) is 12.3 Å². The van der Waals surface area contributed by atoms with Gasteiger partial charge >= 0.3 is 5.97 Å². The molecule has 2 N–H and O–H groups in total. The molecule has 0 heterocycles. The molecule has 0 aliphatic heterocycles. The minimum Gasteiger partial charge on any atom is -0.481 e. The van der Waals surface area contributed by atoms with Crippen molar-refractivity contribution in [1.82, 2.24) is 0 Å². The van der Waals surface area contributed by atoms with E-state index in [1.54, 1.807) is 24.3 Å². The van der Waals surface area contributed by atoms with E-state index >= 15 is 0 Å². The summed E-state index contributed by atoms with van der Waals surface area (Å²) in [7, 11) is 0. The zero-order valence-corrected chi connectivity index (χ0v) is 9.86. The first-order valence-electron chi connectivity index (χ1n) is 5.24. The maximum atomic E-state index is 11.5. The molecule has 0 aliphatic carbocycles. The van der Waals surface area contributed by atoms with Crippen molar-refractivity contribution < 1.29 is 14.7 Å². The zero-order chi connectivity index (χ0) is 12.8. The van der Waals surface area contributed by atoms with Crippen LogP contribution in [-0.4, -0.2) is 17.0 Å². The van der Waals surface area contributed by atoms with Crippen LogP contribution in [0.3, 0.4) is 0 Å². The quantitative estimate of drug-likeness (QED) is 0.783. The topological polar surface area (TPSA) is 66.4 Å². The Morgan fingerprint density at radius 3 is 2.53 bits per heavy atom. The summed E-state index contributed by atoms with van der Waals surface area (Å²) in [5.41, 5.74) is 2.02. The highest BCUT2D eigenvalue weighted by atomic mass is 16.4. The molecule has 0 unspecified atom stereocenters. The smallest absolute Gasteiger partial charge is 0.307 e. The molecule has 1 aromatic rings. The molecule has 0 saturated heterocycles. The summed E-state index contributed by atoms with van der Waals surface area (Å²) in [6, 6.07) is 6.87. The van der Waals surface area contributed by atoms with Gasteiger partial charge < -0.3 is 10.4 Å². The van der Waals surface area contributed by atoms with Crippen LogP contribution in [0.25, 0.3) is 0 Å². The van der Waals surface area contributed by atoms with E-state index in [0.29, 0.717) is 11.3 Å². The standard InChI is InChI=1S/C13H15NO3/c1-9(2)7-12(15)14-11-6-4-3-5-10(11)8-13(16)17/h3-7H,8H2,1-2H3,(H,14,15)(H,16,17). The molecule has 1 aromatic carbocycles. The number of carbonyl (C=O) groups excluding carboxylic acids is 1. The van der Waals surface area contributed by atoms with Crippen LogP contribution >= 0.6 is 0 Å². The number of nitrogens with one attached hydrogen (secondary N) is 1. The Morgan fingerprint density at radius 1 is 1.29 bits per heavy atom. The average molecular weight is 233 g/mol. The number of benzene rings is 1. The highest BCUT2D eigenvalue weighted by molar-refractivity contribution is 6.00. The van der Waals surface area contributed by atoms with Crippen LogP contribution in [0.4, 0.5) is 5.69 Å². The van der Waals surface area contributed by atoms with Crippen LogP contribution in [0.5, 0.6) is 0 Å². The zero-order valence-electron chi connectivity index (χ0n) is 9.86. The average Bonchev–Trinajstić information content (AvgIpc) is 2.18. The number of aliphatic carboxylic acids is 1. The molecule has 0 atom stereocenters. The fourth-order valence-electron chi connectivity index (χ4n) is 1.39. The van der Waals surface area contributed by atoms with E-state index < -0.39 is 5.97 Å². The number of rotatable bonds is 4. The van der Waals surface area contributed by atoms with Crippen LogP contribution in [0.2, 0.25) is 0 Å². The molecular weight excluding hydrogens is 218 g/mol. The monoisotopic (exact) mass is 233 g/mol. The van der Waals surface area contributed by atoms with E-state index in [4.69, 9.17) is 5.11 Å². The normalized spacial score (nSPS) is 9.53. The van der Waals surface area contributed by atoms with Crippen LogP contribution in [0, 0.1) is 0 Å². The van der Waals surface area contributed by atoms with Gasteiger partial charge in [0.1, 0.15) is 0 Å². The SMILES string of the molecule is CC(C)=CC(=O)Nc1ccccc1CC(=O)O. The van der Waals surface area contributed by atoms with Gasteiger partial charge in [0, 0.05) is 11.8 Å². The van der Waals surface area contributed by atoms with E-state index in [0.717, 1.165) is 5.57 Å². The van der Waals surface area contributed by atoms with E-state index in [2.05, 4.69) is 5.32 Å². The summed E-state index contributed by atoms with van der Waals surface area (Å²) in [6.07, 6.45) is 1.36. The fourth-order valence-corrected chi connectivity index (χ4v) is 1.39. The summed E-state index contributed by atoms with van der Waals surface area (Å²) in [5.74, 6) is -1.17. The van der Waals surface area contributed by atoms with Gasteiger partial charge in [0.15, 0.2) is 0 Å². The lowest BCUT2D eigenvalue weighted by molar-refractivity contribution is -0.136. The number of allylic oxidation sites excluding steroid dienone is 1. The van der Waals surface area contributed by atoms with Gasteiger partial charge in [-0.2, -0.15) is 0 Å². The first-order valence-corrected chi connectivity index (χ1v) is 5.24. The predicted octanol–water partition coefficient (Wildman–Crippen LogP) is 2.22. The van der Waals surface area contributed by atoms with Crippen LogP contribution in [0.15, 0.2) is 35.9 Å². The molecule has 0 fully saturated rings. The van der Waals surface area contributed by atoms with Crippen LogP contribution < -0.4 is 5.32 Å². The first-order chi connectivity index (χ1) is 7.99. The summed E-state index contributed by atoms with van der Waals surface area (Å²) in [4.78, 5) is 22.2. The van der Waals surface area contributed by atoms with E-state index in [1.807, 2.05) is 13.8 Å². The maximum absolute atomic E-state index is 11.5. The predicted molar refractivity (Wildman–Crippen MR) is 65.8 cm³/mol. The third-order valence-electron chi connectivity index (χ3n) is 2.04. The Kier molecular flexibility index (Phi) is 4.46. The summed E-state index contributed by atoms with van der Waals surface area (Å²) in [6.45, 7) is 3.64. The summed E-state index contributed by atoms with van der Waals surface area (Å²) >= 11 is 0. The van der Waals surface area contributed by atoms with Gasteiger partial charge in [-0.3, -0.25) is 9.59 Å². The lowest BCUT2D eigenvalue weighted by Crippen LogP contribution is -2.12. The van der Waals surface area contributed by atoms with Crippen molar-refractivity contribution in [2.75, 3.05) is 5.32 Å². The molecule has 17 heavy (non-hydrogen) atoms. The Labute approximate surface area is 100.0 Å². The highest BCUT2D eigenvalue weighted by Crippen LogP contribution is 2.15. The maximum Gasteiger partial charge on any atom is 0.307 e. The molecule has 0 saturated carbocycles. The van der Waals surface area contributed by atoms with Crippen molar-refractivity contribution in [3.05, 3.63) is 41.5 Å². The van der Waals surface area contributed by atoms with Crippen molar-refractivity contribution in [2.24, 2.45) is 0 Å². The van der Waals surface area contributed by atoms with Gasteiger partial charge in [0.25, 0.3) is 0 Å². The second kappa shape index (κ2) is 5.84. The molecule has 4 nitrogen and oxygen atoms in total. The van der Waals surface area contributed by atoms with Crippen molar-refractivity contribution in [3.63, 3.8) is 0 Å². The number of carbonyl (C=O) groups is 2. The second-order valence-corrected chi connectivity index (χ2v) is 3.94. The van der Waals surface area contributed by atoms with Gasteiger partial charge in [-0.05, 0) is 25.5 Å². The highest BCUT2D eigenvalue weighted by Gasteiger charge is 2.07. The third-order valence-corrected chi connectivity index (χ3v) is 2.04. The molecule has 90 valence electrons. The van der Waals surface area contributed by atoms with Gasteiger partial charge in [-0.15, -0.1) is 0 Å². The number of carboxylic acid groups (broad SMARTS) is 1. The molecule has 0 aliphatic rings. The van der Waals surface area contributed by atoms with Crippen molar-refractivity contribution in [2.45, 2.75) is 20.3 Å². The van der Waals surface area contributed by atoms with Crippen molar-refractivity contribution in [3.8, 4) is 0 Å². The second-order valence-electron chi connectivity index (χ2n) is 3.94. The number of hydrogen-bond acceptors (Lipinski definition) is 2. The lowest BCUT2D eigenvalue weighted by Gasteiger charge is -2.07. The number of amides is 1. The number of carboxylic acids is 1. The van der Waals surface area contributed by atoms with Gasteiger partial charge in [0.05, 0.1) is 6.42 Å². The largest absolute Gasteiger partial charge is 0.481 e. The minimum absolute atomic E-state index is 0.106. The molecule has 1 amide bonds. The number of anilines is 1. The van der Waals surface area contributed by atoms with Gasteiger partial charge in [-0.1, -0.05) is 23.8 Å². The Morgan fingerprint density at radius 2 is 1.94 bits per heavy atom. The molecule has 0 radical (unpaired) electrons.